The molecule has 0 atom stereocenters. The fourth-order valence-corrected chi connectivity index (χ4v) is 5.74. The predicted molar refractivity (Wildman–Crippen MR) is 118 cm³/mol. The fraction of sp³-hybridized carbons (Fsp3) is 0.550. The normalized spacial score (nSPS) is 20.7. The van der Waals surface area contributed by atoms with Crippen molar-refractivity contribution in [3.05, 3.63) is 35.4 Å². The topological polar surface area (TPSA) is 120 Å². The van der Waals surface area contributed by atoms with Gasteiger partial charge in [-0.2, -0.15) is 9.41 Å². The minimum absolute atomic E-state index is 0.207. The van der Waals surface area contributed by atoms with Gasteiger partial charge in [-0.3, -0.25) is 14.7 Å². The molecule has 2 aliphatic rings. The van der Waals surface area contributed by atoms with Gasteiger partial charge in [0.25, 0.3) is 15.9 Å². The van der Waals surface area contributed by atoms with Gasteiger partial charge in [0.1, 0.15) is 11.6 Å². The molecule has 1 aromatic carbocycles. The zero-order chi connectivity index (χ0) is 23.4. The Labute approximate surface area is 186 Å². The molecule has 3 rings (SSSR count). The molecule has 3 N–H and O–H groups in total. The first-order chi connectivity index (χ1) is 15.2. The summed E-state index contributed by atoms with van der Waals surface area (Å²) in [5, 5.41) is 5.85. The summed E-state index contributed by atoms with van der Waals surface area (Å²) in [6.07, 6.45) is 4.75. The number of nitrogens with zero attached hydrogens (tertiary/aromatic N) is 4. The Bertz CT molecular complexity index is 1000. The van der Waals surface area contributed by atoms with Gasteiger partial charge in [0.15, 0.2) is 0 Å². The molecule has 2 fully saturated rings. The SMILES string of the molecule is CN=C/C(=N/N)S(=O)(=O)N1CCN(C2(CNC(=O)c3ccc(F)cc3F)CCCC2)CC1. The molecule has 0 unspecified atom stereocenters. The average molecular weight is 471 g/mol. The maximum atomic E-state index is 14.0. The average Bonchev–Trinajstić information content (AvgIpc) is 3.26. The highest BCUT2D eigenvalue weighted by molar-refractivity contribution is 8.06. The highest BCUT2D eigenvalue weighted by Crippen LogP contribution is 2.36. The third-order valence-corrected chi connectivity index (χ3v) is 7.95. The van der Waals surface area contributed by atoms with Crippen LogP contribution in [0.5, 0.6) is 0 Å². The summed E-state index contributed by atoms with van der Waals surface area (Å²) < 4.78 is 53.9. The molecule has 0 bridgehead atoms. The van der Waals surface area contributed by atoms with Crippen molar-refractivity contribution in [3.8, 4) is 0 Å². The van der Waals surface area contributed by atoms with Gasteiger partial charge in [-0.05, 0) is 25.0 Å². The monoisotopic (exact) mass is 470 g/mol. The van der Waals surface area contributed by atoms with Crippen molar-refractivity contribution < 1.29 is 22.0 Å². The van der Waals surface area contributed by atoms with E-state index in [2.05, 4.69) is 20.3 Å². The summed E-state index contributed by atoms with van der Waals surface area (Å²) in [5.41, 5.74) is -0.542. The molecule has 1 aliphatic carbocycles. The molecule has 1 aromatic rings. The number of sulfonamides is 1. The Hall–Kier alpha value is -2.44. The Morgan fingerprint density at radius 3 is 2.44 bits per heavy atom. The number of benzene rings is 1. The largest absolute Gasteiger partial charge is 0.350 e. The van der Waals surface area contributed by atoms with Gasteiger partial charge in [-0.25, -0.2) is 17.2 Å². The third-order valence-electron chi connectivity index (χ3n) is 6.17. The van der Waals surface area contributed by atoms with E-state index in [0.717, 1.165) is 44.0 Å². The lowest BCUT2D eigenvalue weighted by atomic mass is 9.93. The van der Waals surface area contributed by atoms with Crippen molar-refractivity contribution in [1.29, 1.82) is 0 Å². The lowest BCUT2D eigenvalue weighted by molar-refractivity contribution is 0.0543. The van der Waals surface area contributed by atoms with E-state index in [1.165, 1.54) is 11.4 Å². The Kier molecular flexibility index (Phi) is 7.57. The molecule has 9 nitrogen and oxygen atoms in total. The van der Waals surface area contributed by atoms with Gasteiger partial charge in [0, 0.05) is 51.4 Å². The van der Waals surface area contributed by atoms with Crippen molar-refractivity contribution in [1.82, 2.24) is 14.5 Å². The van der Waals surface area contributed by atoms with Gasteiger partial charge < -0.3 is 11.2 Å². The number of nitrogens with one attached hydrogen (secondary N) is 1. The Morgan fingerprint density at radius 1 is 1.22 bits per heavy atom. The highest BCUT2D eigenvalue weighted by atomic mass is 32.2. The van der Waals surface area contributed by atoms with Gasteiger partial charge >= 0.3 is 0 Å². The lowest BCUT2D eigenvalue weighted by Crippen LogP contribution is -2.61. The van der Waals surface area contributed by atoms with E-state index in [0.29, 0.717) is 25.7 Å². The standard InChI is InChI=1S/C20H28F2N6O3S/c1-24-13-18(26-23)32(30,31)28-10-8-27(9-11-28)20(6-2-3-7-20)14-25-19(29)16-5-4-15(21)12-17(16)22/h4-5,12-13H,2-3,6-11,14,23H2,1H3,(H,25,29)/b24-13?,26-18-. The Morgan fingerprint density at radius 2 is 1.88 bits per heavy atom. The molecule has 1 aliphatic heterocycles. The number of nitrogens with two attached hydrogens (primary N) is 1. The minimum atomic E-state index is -3.83. The third kappa shape index (κ3) is 4.97. The zero-order valence-corrected chi connectivity index (χ0v) is 18.7. The highest BCUT2D eigenvalue weighted by Gasteiger charge is 2.42. The summed E-state index contributed by atoms with van der Waals surface area (Å²) in [4.78, 5) is 18.4. The molecule has 12 heteroatoms. The summed E-state index contributed by atoms with van der Waals surface area (Å²) in [6, 6.07) is 2.86. The van der Waals surface area contributed by atoms with Crippen molar-refractivity contribution in [2.45, 2.75) is 31.2 Å². The first kappa shape index (κ1) is 24.2. The van der Waals surface area contributed by atoms with E-state index in [-0.39, 0.29) is 29.2 Å². The van der Waals surface area contributed by atoms with Crippen molar-refractivity contribution in [2.24, 2.45) is 15.9 Å². The number of hydrogen-bond donors (Lipinski definition) is 2. The van der Waals surface area contributed by atoms with Crippen LogP contribution in [0.15, 0.2) is 28.3 Å². The first-order valence-corrected chi connectivity index (χ1v) is 11.9. The second-order valence-electron chi connectivity index (χ2n) is 7.98. The second kappa shape index (κ2) is 10.0. The number of halogens is 2. The molecule has 32 heavy (non-hydrogen) atoms. The summed E-state index contributed by atoms with van der Waals surface area (Å²) in [5.74, 6) is 2.98. The van der Waals surface area contributed by atoms with E-state index in [4.69, 9.17) is 5.84 Å². The van der Waals surface area contributed by atoms with Crippen molar-refractivity contribution in [3.63, 3.8) is 0 Å². The number of aliphatic imine (C=N–C) groups is 1. The molecule has 1 saturated heterocycles. The predicted octanol–water partition coefficient (Wildman–Crippen LogP) is 0.928. The number of rotatable bonds is 6. The van der Waals surface area contributed by atoms with E-state index in [1.54, 1.807) is 0 Å². The van der Waals surface area contributed by atoms with Crippen LogP contribution in [0, 0.1) is 11.6 Å². The zero-order valence-electron chi connectivity index (χ0n) is 17.9. The van der Waals surface area contributed by atoms with Crippen LogP contribution in [0.4, 0.5) is 8.78 Å². The van der Waals surface area contributed by atoms with Crippen LogP contribution in [-0.4, -0.2) is 80.1 Å². The molecule has 1 saturated carbocycles. The van der Waals surface area contributed by atoms with E-state index < -0.39 is 27.6 Å². The molecule has 0 radical (unpaired) electrons. The van der Waals surface area contributed by atoms with Crippen molar-refractivity contribution in [2.75, 3.05) is 39.8 Å². The maximum Gasteiger partial charge on any atom is 0.263 e. The lowest BCUT2D eigenvalue weighted by Gasteiger charge is -2.45. The molecular formula is C20H28F2N6O3S. The number of amides is 1. The molecule has 1 amide bonds. The summed E-state index contributed by atoms with van der Waals surface area (Å²) in [7, 11) is -2.39. The first-order valence-electron chi connectivity index (χ1n) is 10.4. The number of piperazine rings is 1. The molecule has 0 spiro atoms. The van der Waals surface area contributed by atoms with Gasteiger partial charge in [-0.15, -0.1) is 0 Å². The van der Waals surface area contributed by atoms with Crippen LogP contribution in [0.3, 0.4) is 0 Å². The van der Waals surface area contributed by atoms with E-state index >= 15 is 0 Å². The van der Waals surface area contributed by atoms with Crippen molar-refractivity contribution >= 4 is 27.2 Å². The fourth-order valence-electron chi connectivity index (χ4n) is 4.46. The van der Waals surface area contributed by atoms with Crippen LogP contribution in [-0.2, 0) is 10.0 Å². The minimum Gasteiger partial charge on any atom is -0.350 e. The summed E-state index contributed by atoms with van der Waals surface area (Å²) in [6.45, 7) is 1.75. The molecule has 1 heterocycles. The second-order valence-corrected chi connectivity index (χ2v) is 9.87. The number of hydrogen-bond acceptors (Lipinski definition) is 7. The molecule has 0 aromatic heterocycles. The molecular weight excluding hydrogens is 442 g/mol. The smallest absolute Gasteiger partial charge is 0.263 e. The number of carbonyl (C=O) groups is 1. The summed E-state index contributed by atoms with van der Waals surface area (Å²) >= 11 is 0. The van der Waals surface area contributed by atoms with Crippen LogP contribution < -0.4 is 11.2 Å². The maximum absolute atomic E-state index is 14.0. The van der Waals surface area contributed by atoms with E-state index in [9.17, 15) is 22.0 Å². The van der Waals surface area contributed by atoms with Gasteiger partial charge in [0.05, 0.1) is 11.8 Å². The van der Waals surface area contributed by atoms with Crippen LogP contribution in [0.1, 0.15) is 36.0 Å². The van der Waals surface area contributed by atoms with Crippen LogP contribution in [0.25, 0.3) is 0 Å². The van der Waals surface area contributed by atoms with E-state index in [1.807, 2.05) is 0 Å². The molecule has 176 valence electrons. The van der Waals surface area contributed by atoms with Crippen LogP contribution in [0.2, 0.25) is 0 Å². The number of carbonyl (C=O) groups excluding carboxylic acids is 1. The quantitative estimate of drug-likeness (QED) is 0.277. The Balaban J connectivity index is 1.67. The van der Waals surface area contributed by atoms with Crippen LogP contribution >= 0.6 is 0 Å². The van der Waals surface area contributed by atoms with Gasteiger partial charge in [0.2, 0.25) is 5.04 Å². The van der Waals surface area contributed by atoms with Gasteiger partial charge in [-0.1, -0.05) is 12.8 Å². The number of hydrazone groups is 1.